The van der Waals surface area contributed by atoms with Gasteiger partial charge in [0, 0.05) is 19.3 Å². The monoisotopic (exact) mass is 520 g/mol. The Hall–Kier alpha value is -1.71. The third-order valence-corrected chi connectivity index (χ3v) is 6.06. The zero-order valence-electron chi connectivity index (χ0n) is 22.4. The van der Waals surface area contributed by atoms with Crippen LogP contribution in [0.15, 0.2) is 0 Å². The number of ether oxygens (including phenoxy) is 1. The van der Waals surface area contributed by atoms with Crippen molar-refractivity contribution in [2.24, 2.45) is 5.41 Å². The van der Waals surface area contributed by atoms with Crippen molar-refractivity contribution >= 4 is 17.9 Å². The van der Waals surface area contributed by atoms with E-state index in [0.29, 0.717) is 19.3 Å². The first-order chi connectivity index (χ1) is 17.3. The standard InChI is InChI=1S/C16H32O2.C11H20O7/c1-2-3-4-5-6-7-8-9-10-11-12-13-14-15-16(17)18;12-5-11(6-13,7-14)8-18-10(17)4-2-1-3-9(15)16/h2-15H2,1H3,(H,17,18);12-14H,1-8H2,(H,15,16). The Bertz CT molecular complexity index is 525. The van der Waals surface area contributed by atoms with E-state index in [2.05, 4.69) is 6.92 Å². The van der Waals surface area contributed by atoms with Crippen molar-refractivity contribution in [3.8, 4) is 0 Å². The molecule has 0 aromatic heterocycles. The first-order valence-corrected chi connectivity index (χ1v) is 13.7. The minimum absolute atomic E-state index is 0.00113. The summed E-state index contributed by atoms with van der Waals surface area (Å²) in [6, 6.07) is 0. The summed E-state index contributed by atoms with van der Waals surface area (Å²) in [6.07, 6.45) is 18.1. The summed E-state index contributed by atoms with van der Waals surface area (Å²) >= 11 is 0. The maximum Gasteiger partial charge on any atom is 0.305 e. The zero-order valence-corrected chi connectivity index (χ0v) is 22.4. The number of hydrogen-bond donors (Lipinski definition) is 5. The number of hydrogen-bond acceptors (Lipinski definition) is 7. The van der Waals surface area contributed by atoms with Gasteiger partial charge in [0.1, 0.15) is 6.61 Å². The van der Waals surface area contributed by atoms with Crippen LogP contribution in [-0.2, 0) is 19.1 Å². The second-order valence-electron chi connectivity index (χ2n) is 9.62. The van der Waals surface area contributed by atoms with Crippen LogP contribution in [0.5, 0.6) is 0 Å². The number of carboxylic acids is 2. The molecule has 0 unspecified atom stereocenters. The fourth-order valence-electron chi connectivity index (χ4n) is 3.43. The Labute approximate surface area is 217 Å². The molecule has 5 N–H and O–H groups in total. The molecule has 0 saturated carbocycles. The highest BCUT2D eigenvalue weighted by Gasteiger charge is 2.30. The molecule has 0 atom stereocenters. The Balaban J connectivity index is 0. The van der Waals surface area contributed by atoms with Crippen molar-refractivity contribution in [3.05, 3.63) is 0 Å². The molecule has 9 heteroatoms. The van der Waals surface area contributed by atoms with Gasteiger partial charge in [0.25, 0.3) is 0 Å². The number of carbonyl (C=O) groups is 3. The van der Waals surface area contributed by atoms with Gasteiger partial charge >= 0.3 is 17.9 Å². The highest BCUT2D eigenvalue weighted by Crippen LogP contribution is 2.16. The van der Waals surface area contributed by atoms with Crippen molar-refractivity contribution in [3.63, 3.8) is 0 Å². The van der Waals surface area contributed by atoms with E-state index in [0.717, 1.165) is 12.8 Å². The minimum Gasteiger partial charge on any atom is -0.481 e. The van der Waals surface area contributed by atoms with Gasteiger partial charge < -0.3 is 30.3 Å². The van der Waals surface area contributed by atoms with Gasteiger partial charge in [0.15, 0.2) is 0 Å². The second-order valence-corrected chi connectivity index (χ2v) is 9.62. The molecule has 0 aliphatic rings. The van der Waals surface area contributed by atoms with Crippen molar-refractivity contribution < 1.29 is 44.7 Å². The molecule has 9 nitrogen and oxygen atoms in total. The topological polar surface area (TPSA) is 162 Å². The lowest BCUT2D eigenvalue weighted by Crippen LogP contribution is -2.39. The molecule has 0 heterocycles. The fraction of sp³-hybridized carbons (Fsp3) is 0.889. The molecule has 0 fully saturated rings. The van der Waals surface area contributed by atoms with Gasteiger partial charge in [-0.2, -0.15) is 0 Å². The fourth-order valence-corrected chi connectivity index (χ4v) is 3.43. The molecular weight excluding hydrogens is 468 g/mol. The van der Waals surface area contributed by atoms with Gasteiger partial charge in [-0.3, -0.25) is 14.4 Å². The van der Waals surface area contributed by atoms with Gasteiger partial charge in [-0.1, -0.05) is 84.0 Å². The van der Waals surface area contributed by atoms with Crippen molar-refractivity contribution in [2.45, 2.75) is 122 Å². The summed E-state index contributed by atoms with van der Waals surface area (Å²) in [7, 11) is 0. The molecule has 214 valence electrons. The normalized spacial score (nSPS) is 11.0. The number of aliphatic hydroxyl groups excluding tert-OH is 3. The molecule has 0 aliphatic heterocycles. The number of esters is 1. The predicted octanol–water partition coefficient (Wildman–Crippen LogP) is 4.69. The molecule has 0 radical (unpaired) electrons. The van der Waals surface area contributed by atoms with E-state index in [4.69, 9.17) is 30.3 Å². The van der Waals surface area contributed by atoms with Gasteiger partial charge in [0.05, 0.1) is 25.2 Å². The summed E-state index contributed by atoms with van der Waals surface area (Å²) in [4.78, 5) is 31.8. The largest absolute Gasteiger partial charge is 0.481 e. The van der Waals surface area contributed by atoms with E-state index >= 15 is 0 Å². The third-order valence-electron chi connectivity index (χ3n) is 6.06. The first kappa shape index (κ1) is 36.4. The number of unbranched alkanes of at least 4 members (excludes halogenated alkanes) is 13. The molecule has 0 aliphatic carbocycles. The number of rotatable bonds is 24. The number of aliphatic carboxylic acids is 2. The maximum atomic E-state index is 11.3. The van der Waals surface area contributed by atoms with Crippen LogP contribution in [-0.4, -0.2) is 69.9 Å². The first-order valence-electron chi connectivity index (χ1n) is 13.7. The van der Waals surface area contributed by atoms with E-state index in [1.54, 1.807) is 0 Å². The van der Waals surface area contributed by atoms with Gasteiger partial charge in [0.2, 0.25) is 0 Å². The van der Waals surface area contributed by atoms with Crippen LogP contribution in [0, 0.1) is 5.41 Å². The summed E-state index contributed by atoms with van der Waals surface area (Å²) in [5, 5.41) is 43.8. The Morgan fingerprint density at radius 3 is 1.25 bits per heavy atom. The van der Waals surface area contributed by atoms with Crippen LogP contribution in [0.25, 0.3) is 0 Å². The Morgan fingerprint density at radius 2 is 0.889 bits per heavy atom. The summed E-state index contributed by atoms with van der Waals surface area (Å²) in [5.41, 5.74) is -1.23. The van der Waals surface area contributed by atoms with Crippen LogP contribution >= 0.6 is 0 Å². The van der Waals surface area contributed by atoms with E-state index in [9.17, 15) is 14.4 Å². The lowest BCUT2D eigenvalue weighted by atomic mass is 9.93. The van der Waals surface area contributed by atoms with E-state index in [1.165, 1.54) is 70.6 Å². The van der Waals surface area contributed by atoms with Crippen molar-refractivity contribution in [2.75, 3.05) is 26.4 Å². The molecular formula is C27H52O9. The smallest absolute Gasteiger partial charge is 0.305 e. The molecule has 0 bridgehead atoms. The quantitative estimate of drug-likeness (QED) is 0.0897. The van der Waals surface area contributed by atoms with Gasteiger partial charge in [-0.05, 0) is 19.3 Å². The molecule has 36 heavy (non-hydrogen) atoms. The molecule has 0 aromatic rings. The van der Waals surface area contributed by atoms with Crippen LogP contribution in [0.1, 0.15) is 122 Å². The molecule has 0 spiro atoms. The Kier molecular flexibility index (Phi) is 26.7. The van der Waals surface area contributed by atoms with Crippen LogP contribution in [0.2, 0.25) is 0 Å². The lowest BCUT2D eigenvalue weighted by Gasteiger charge is -2.26. The van der Waals surface area contributed by atoms with E-state index < -0.39 is 43.1 Å². The van der Waals surface area contributed by atoms with E-state index in [1.807, 2.05) is 0 Å². The van der Waals surface area contributed by atoms with Crippen molar-refractivity contribution in [1.82, 2.24) is 0 Å². The third kappa shape index (κ3) is 25.4. The summed E-state index contributed by atoms with van der Waals surface area (Å²) in [5.74, 6) is -2.11. The second kappa shape index (κ2) is 26.4. The molecule has 0 aromatic carbocycles. The van der Waals surface area contributed by atoms with Gasteiger partial charge in [-0.25, -0.2) is 0 Å². The van der Waals surface area contributed by atoms with E-state index in [-0.39, 0.29) is 19.4 Å². The lowest BCUT2D eigenvalue weighted by molar-refractivity contribution is -0.151. The SMILES string of the molecule is CCCCCCCCCCCCCCCC(=O)O.O=C(O)CCCCC(=O)OCC(CO)(CO)CO. The van der Waals surface area contributed by atoms with Crippen LogP contribution < -0.4 is 0 Å². The molecule has 0 rings (SSSR count). The Morgan fingerprint density at radius 1 is 0.556 bits per heavy atom. The maximum absolute atomic E-state index is 11.3. The van der Waals surface area contributed by atoms with Crippen molar-refractivity contribution in [1.29, 1.82) is 0 Å². The number of aliphatic hydroxyl groups is 3. The molecule has 0 amide bonds. The number of carboxylic acid groups (broad SMARTS) is 2. The number of carbonyl (C=O) groups excluding carboxylic acids is 1. The summed E-state index contributed by atoms with van der Waals surface area (Å²) < 4.78 is 4.82. The zero-order chi connectivity index (χ0) is 27.5. The average molecular weight is 521 g/mol. The predicted molar refractivity (Wildman–Crippen MR) is 139 cm³/mol. The minimum atomic E-state index is -1.23. The van der Waals surface area contributed by atoms with Gasteiger partial charge in [-0.15, -0.1) is 0 Å². The highest BCUT2D eigenvalue weighted by atomic mass is 16.5. The van der Waals surface area contributed by atoms with Crippen LogP contribution in [0.3, 0.4) is 0 Å². The average Bonchev–Trinajstić information content (AvgIpc) is 2.86. The summed E-state index contributed by atoms with van der Waals surface area (Å²) in [6.45, 7) is 0.510. The highest BCUT2D eigenvalue weighted by molar-refractivity contribution is 5.69. The molecule has 0 saturated heterocycles. The van der Waals surface area contributed by atoms with Crippen LogP contribution in [0.4, 0.5) is 0 Å².